The second-order valence-corrected chi connectivity index (χ2v) is 6.39. The molecule has 22 heavy (non-hydrogen) atoms. The van der Waals surface area contributed by atoms with Gasteiger partial charge in [-0.3, -0.25) is 4.79 Å². The Hall–Kier alpha value is -0.880. The third kappa shape index (κ3) is 3.23. The summed E-state index contributed by atoms with van der Waals surface area (Å²) in [4.78, 5) is 14.2. The van der Waals surface area contributed by atoms with Crippen LogP contribution < -0.4 is 5.32 Å². The third-order valence-corrected chi connectivity index (χ3v) is 4.74. The summed E-state index contributed by atoms with van der Waals surface area (Å²) in [5.41, 5.74) is 0.528. The van der Waals surface area contributed by atoms with Gasteiger partial charge in [0.25, 0.3) is 0 Å². The van der Waals surface area contributed by atoms with E-state index >= 15 is 0 Å². The van der Waals surface area contributed by atoms with Crippen LogP contribution in [0, 0.1) is 5.82 Å². The number of carbonyl (C=O) groups excluding carboxylic acids is 1. The Morgan fingerprint density at radius 2 is 2.18 bits per heavy atom. The van der Waals surface area contributed by atoms with Crippen molar-refractivity contribution in [3.05, 3.63) is 33.6 Å². The molecule has 1 N–H and O–H groups in total. The van der Waals surface area contributed by atoms with E-state index in [0.717, 1.165) is 19.4 Å². The molecule has 0 aromatic heterocycles. The molecule has 0 saturated carbocycles. The van der Waals surface area contributed by atoms with Gasteiger partial charge in [0.1, 0.15) is 11.9 Å². The van der Waals surface area contributed by atoms with E-state index in [0.29, 0.717) is 30.3 Å². The second-order valence-electron chi connectivity index (χ2n) is 5.58. The van der Waals surface area contributed by atoms with Crippen molar-refractivity contribution < 1.29 is 13.9 Å². The molecule has 2 fully saturated rings. The van der Waals surface area contributed by atoms with Crippen molar-refractivity contribution in [2.45, 2.75) is 25.0 Å². The van der Waals surface area contributed by atoms with Gasteiger partial charge in [-0.2, -0.15) is 0 Å². The maximum atomic E-state index is 13.7. The fourth-order valence-electron chi connectivity index (χ4n) is 2.94. The third-order valence-electron chi connectivity index (χ3n) is 4.12. The maximum absolute atomic E-state index is 13.7. The van der Waals surface area contributed by atoms with Crippen LogP contribution in [0.4, 0.5) is 4.39 Å². The number of rotatable bonds is 2. The van der Waals surface area contributed by atoms with Crippen LogP contribution in [0.5, 0.6) is 0 Å². The van der Waals surface area contributed by atoms with E-state index in [9.17, 15) is 9.18 Å². The molecule has 0 radical (unpaired) electrons. The second kappa shape index (κ2) is 6.71. The summed E-state index contributed by atoms with van der Waals surface area (Å²) >= 11 is 11.9. The maximum Gasteiger partial charge on any atom is 0.239 e. The summed E-state index contributed by atoms with van der Waals surface area (Å²) in [5.74, 6) is -0.457. The summed E-state index contributed by atoms with van der Waals surface area (Å²) in [6.07, 6.45) is 1.44. The zero-order valence-corrected chi connectivity index (χ0v) is 13.5. The van der Waals surface area contributed by atoms with Gasteiger partial charge in [0.05, 0.1) is 24.2 Å². The van der Waals surface area contributed by atoms with Crippen LogP contribution in [-0.2, 0) is 9.53 Å². The van der Waals surface area contributed by atoms with Gasteiger partial charge in [0.15, 0.2) is 0 Å². The number of halogens is 3. The summed E-state index contributed by atoms with van der Waals surface area (Å²) in [5, 5.41) is 3.53. The van der Waals surface area contributed by atoms with Crippen molar-refractivity contribution in [2.75, 3.05) is 26.2 Å². The van der Waals surface area contributed by atoms with E-state index in [-0.39, 0.29) is 17.0 Å². The Kier molecular flexibility index (Phi) is 4.88. The number of morpholine rings is 1. The Bertz CT molecular complexity index is 579. The van der Waals surface area contributed by atoms with E-state index in [4.69, 9.17) is 27.9 Å². The Balaban J connectivity index is 1.75. The summed E-state index contributed by atoms with van der Waals surface area (Å²) in [6, 6.07) is 2.55. The average molecular weight is 347 g/mol. The van der Waals surface area contributed by atoms with Crippen molar-refractivity contribution in [3.8, 4) is 0 Å². The molecule has 2 aliphatic heterocycles. The molecular formula is C15H17Cl2FN2O2. The van der Waals surface area contributed by atoms with Crippen molar-refractivity contribution in [1.29, 1.82) is 0 Å². The predicted octanol–water partition coefficient (Wildman–Crippen LogP) is 2.78. The molecule has 2 aliphatic rings. The molecule has 1 amide bonds. The number of ether oxygens (including phenoxy) is 1. The van der Waals surface area contributed by atoms with Crippen LogP contribution in [0.2, 0.25) is 10.0 Å². The number of hydrogen-bond acceptors (Lipinski definition) is 3. The molecule has 1 aromatic rings. The molecule has 2 atom stereocenters. The number of carbonyl (C=O) groups is 1. The highest BCUT2D eigenvalue weighted by Gasteiger charge is 2.32. The van der Waals surface area contributed by atoms with Gasteiger partial charge in [-0.1, -0.05) is 23.2 Å². The minimum Gasteiger partial charge on any atom is -0.370 e. The highest BCUT2D eigenvalue weighted by atomic mass is 35.5. The lowest BCUT2D eigenvalue weighted by Gasteiger charge is -2.35. The normalized spacial score (nSPS) is 25.5. The number of nitrogens with one attached hydrogen (secondary N) is 1. The summed E-state index contributed by atoms with van der Waals surface area (Å²) in [7, 11) is 0. The van der Waals surface area contributed by atoms with E-state index in [1.165, 1.54) is 12.1 Å². The van der Waals surface area contributed by atoms with Crippen LogP contribution in [0.25, 0.3) is 0 Å². The first kappa shape index (κ1) is 16.0. The average Bonchev–Trinajstić information content (AvgIpc) is 3.04. The van der Waals surface area contributed by atoms with E-state index in [2.05, 4.69) is 5.32 Å². The van der Waals surface area contributed by atoms with Gasteiger partial charge in [-0.15, -0.1) is 0 Å². The molecule has 0 bridgehead atoms. The summed E-state index contributed by atoms with van der Waals surface area (Å²) < 4.78 is 19.4. The van der Waals surface area contributed by atoms with Gasteiger partial charge in [-0.05, 0) is 31.5 Å². The number of nitrogens with zero attached hydrogens (tertiary/aromatic N) is 1. The molecule has 4 nitrogen and oxygen atoms in total. The molecule has 2 heterocycles. The van der Waals surface area contributed by atoms with Crippen LogP contribution in [0.3, 0.4) is 0 Å². The molecule has 1 aromatic carbocycles. The highest BCUT2D eigenvalue weighted by Crippen LogP contribution is 2.32. The van der Waals surface area contributed by atoms with Gasteiger partial charge < -0.3 is 15.0 Å². The lowest BCUT2D eigenvalue weighted by molar-refractivity contribution is -0.140. The fourth-order valence-corrected chi connectivity index (χ4v) is 3.44. The predicted molar refractivity (Wildman–Crippen MR) is 82.7 cm³/mol. The van der Waals surface area contributed by atoms with Crippen LogP contribution >= 0.6 is 23.2 Å². The Morgan fingerprint density at radius 3 is 2.91 bits per heavy atom. The molecule has 0 aliphatic carbocycles. The monoisotopic (exact) mass is 346 g/mol. The van der Waals surface area contributed by atoms with Gasteiger partial charge in [0, 0.05) is 17.1 Å². The molecule has 120 valence electrons. The Morgan fingerprint density at radius 1 is 1.36 bits per heavy atom. The Labute approximate surface area is 138 Å². The van der Waals surface area contributed by atoms with Crippen molar-refractivity contribution in [3.63, 3.8) is 0 Å². The number of benzene rings is 1. The van der Waals surface area contributed by atoms with Gasteiger partial charge >= 0.3 is 0 Å². The number of amides is 1. The summed E-state index contributed by atoms with van der Waals surface area (Å²) in [6.45, 7) is 2.20. The first-order valence-corrected chi connectivity index (χ1v) is 8.10. The molecular weight excluding hydrogens is 330 g/mol. The highest BCUT2D eigenvalue weighted by molar-refractivity contribution is 6.35. The quantitative estimate of drug-likeness (QED) is 0.837. The van der Waals surface area contributed by atoms with Gasteiger partial charge in [0.2, 0.25) is 5.91 Å². The minimum atomic E-state index is -0.537. The lowest BCUT2D eigenvalue weighted by Crippen LogP contribution is -2.49. The first-order chi connectivity index (χ1) is 10.6. The van der Waals surface area contributed by atoms with E-state index in [1.807, 2.05) is 0 Å². The van der Waals surface area contributed by atoms with Crippen LogP contribution in [-0.4, -0.2) is 43.1 Å². The SMILES string of the molecule is O=C(C1CCCN1)N1CCOC(c2cc(F)c(Cl)cc2Cl)C1. The smallest absolute Gasteiger partial charge is 0.239 e. The van der Waals surface area contributed by atoms with Crippen molar-refractivity contribution in [1.82, 2.24) is 10.2 Å². The first-order valence-electron chi connectivity index (χ1n) is 7.34. The zero-order valence-electron chi connectivity index (χ0n) is 11.9. The lowest BCUT2D eigenvalue weighted by atomic mass is 10.1. The largest absolute Gasteiger partial charge is 0.370 e. The fraction of sp³-hybridized carbons (Fsp3) is 0.533. The molecule has 7 heteroatoms. The number of hydrogen-bond donors (Lipinski definition) is 1. The topological polar surface area (TPSA) is 41.6 Å². The van der Waals surface area contributed by atoms with Crippen molar-refractivity contribution >= 4 is 29.1 Å². The zero-order chi connectivity index (χ0) is 15.7. The molecule has 3 rings (SSSR count). The van der Waals surface area contributed by atoms with Crippen molar-refractivity contribution in [2.24, 2.45) is 0 Å². The van der Waals surface area contributed by atoms with E-state index < -0.39 is 11.9 Å². The standard InChI is InChI=1S/C15H17Cl2FN2O2/c16-10-7-11(17)12(18)6-9(10)14-8-20(4-5-22-14)15(21)13-2-1-3-19-13/h6-7,13-14,19H,1-5,8H2. The molecule has 2 unspecified atom stereocenters. The minimum absolute atomic E-state index is 0.0207. The van der Waals surface area contributed by atoms with Crippen LogP contribution in [0.15, 0.2) is 12.1 Å². The molecule has 2 saturated heterocycles. The van der Waals surface area contributed by atoms with Gasteiger partial charge in [-0.25, -0.2) is 4.39 Å². The molecule has 0 spiro atoms. The van der Waals surface area contributed by atoms with Crippen LogP contribution in [0.1, 0.15) is 24.5 Å². The van der Waals surface area contributed by atoms with E-state index in [1.54, 1.807) is 4.90 Å².